The van der Waals surface area contributed by atoms with E-state index in [-0.39, 0.29) is 0 Å². The molecule has 0 fully saturated rings. The van der Waals surface area contributed by atoms with Crippen LogP contribution in [0.1, 0.15) is 14.8 Å². The van der Waals surface area contributed by atoms with Gasteiger partial charge in [-0.3, -0.25) is 0 Å². The van der Waals surface area contributed by atoms with Crippen molar-refractivity contribution in [2.24, 2.45) is 0 Å². The maximum atomic E-state index is 5.83. The first-order valence-corrected chi connectivity index (χ1v) is 6.66. The van der Waals surface area contributed by atoms with Gasteiger partial charge in [-0.25, -0.2) is 4.98 Å². The largest absolute Gasteiger partial charge is 0.306 e. The Kier molecular flexibility index (Phi) is 3.75. The summed E-state index contributed by atoms with van der Waals surface area (Å²) < 4.78 is 0. The lowest BCUT2D eigenvalue weighted by Crippen LogP contribution is -2.11. The molecular weight excluding hydrogens is 248 g/mol. The van der Waals surface area contributed by atoms with Crippen LogP contribution in [0.15, 0.2) is 17.6 Å². The summed E-state index contributed by atoms with van der Waals surface area (Å²) in [5.41, 5.74) is 0. The van der Waals surface area contributed by atoms with Crippen LogP contribution >= 0.6 is 34.3 Å². The fraction of sp³-hybridized carbons (Fsp3) is 0.300. The molecule has 0 aliphatic carbocycles. The van der Waals surface area contributed by atoms with Crippen LogP contribution in [0.5, 0.6) is 0 Å². The fourth-order valence-electron chi connectivity index (χ4n) is 1.22. The second-order valence-corrected chi connectivity index (χ2v) is 5.95. The number of thiophene rings is 1. The van der Waals surface area contributed by atoms with Gasteiger partial charge in [-0.15, -0.1) is 22.7 Å². The number of nitrogens with one attached hydrogen (secondary N) is 1. The molecule has 2 rings (SSSR count). The Morgan fingerprint density at radius 2 is 2.33 bits per heavy atom. The van der Waals surface area contributed by atoms with Crippen molar-refractivity contribution in [1.29, 1.82) is 0 Å². The highest BCUT2D eigenvalue weighted by Crippen LogP contribution is 2.19. The highest BCUT2D eigenvalue weighted by Gasteiger charge is 2.00. The van der Waals surface area contributed by atoms with E-state index in [1.807, 2.05) is 17.6 Å². The predicted molar refractivity (Wildman–Crippen MR) is 66.7 cm³/mol. The lowest BCUT2D eigenvalue weighted by Gasteiger charge is -1.98. The molecule has 2 nitrogen and oxygen atoms in total. The summed E-state index contributed by atoms with van der Waals surface area (Å²) in [4.78, 5) is 6.80. The molecule has 2 heterocycles. The maximum Gasteiger partial charge on any atom is 0.107 e. The number of nitrogens with zero attached hydrogens (tertiary/aromatic N) is 1. The van der Waals surface area contributed by atoms with Gasteiger partial charge in [0, 0.05) is 34.4 Å². The van der Waals surface area contributed by atoms with E-state index in [0.29, 0.717) is 0 Å². The van der Waals surface area contributed by atoms with Crippen LogP contribution in [0.25, 0.3) is 0 Å². The summed E-state index contributed by atoms with van der Waals surface area (Å²) in [6.45, 7) is 3.75. The summed E-state index contributed by atoms with van der Waals surface area (Å²) in [5.74, 6) is 0. The van der Waals surface area contributed by atoms with Crippen molar-refractivity contribution < 1.29 is 0 Å². The van der Waals surface area contributed by atoms with Crippen molar-refractivity contribution in [3.8, 4) is 0 Å². The molecule has 15 heavy (non-hydrogen) atoms. The molecule has 0 spiro atoms. The third-order valence-electron chi connectivity index (χ3n) is 1.87. The average molecular weight is 259 g/mol. The van der Waals surface area contributed by atoms with E-state index in [0.717, 1.165) is 23.1 Å². The number of thiazole rings is 1. The van der Waals surface area contributed by atoms with Gasteiger partial charge in [-0.05, 0) is 13.0 Å². The van der Waals surface area contributed by atoms with Crippen LogP contribution < -0.4 is 5.32 Å². The molecule has 1 N–H and O–H groups in total. The van der Waals surface area contributed by atoms with E-state index in [4.69, 9.17) is 11.6 Å². The smallest absolute Gasteiger partial charge is 0.107 e. The van der Waals surface area contributed by atoms with Crippen molar-refractivity contribution in [3.63, 3.8) is 0 Å². The van der Waals surface area contributed by atoms with Gasteiger partial charge in [0.25, 0.3) is 0 Å². The van der Waals surface area contributed by atoms with E-state index in [9.17, 15) is 0 Å². The van der Waals surface area contributed by atoms with Crippen molar-refractivity contribution in [2.75, 3.05) is 0 Å². The molecule has 0 aromatic carbocycles. The molecule has 0 aliphatic rings. The third kappa shape index (κ3) is 3.28. The molecule has 80 valence electrons. The zero-order chi connectivity index (χ0) is 10.7. The van der Waals surface area contributed by atoms with Crippen molar-refractivity contribution in [3.05, 3.63) is 37.4 Å². The fourth-order valence-corrected chi connectivity index (χ4v) is 3.02. The Balaban J connectivity index is 1.80. The molecule has 0 atom stereocenters. The van der Waals surface area contributed by atoms with Gasteiger partial charge in [0.15, 0.2) is 0 Å². The summed E-state index contributed by atoms with van der Waals surface area (Å²) in [7, 11) is 0. The summed E-state index contributed by atoms with van der Waals surface area (Å²) in [5, 5.41) is 7.25. The van der Waals surface area contributed by atoms with Crippen LogP contribution in [0, 0.1) is 6.92 Å². The van der Waals surface area contributed by atoms with Gasteiger partial charge in [-0.2, -0.15) is 0 Å². The predicted octanol–water partition coefficient (Wildman–Crippen LogP) is 3.46. The molecular formula is C10H11ClN2S2. The maximum absolute atomic E-state index is 5.83. The number of aromatic nitrogens is 1. The molecule has 0 amide bonds. The Morgan fingerprint density at radius 1 is 1.47 bits per heavy atom. The second kappa shape index (κ2) is 5.07. The topological polar surface area (TPSA) is 24.9 Å². The number of hydrogen-bond donors (Lipinski definition) is 1. The third-order valence-corrected chi connectivity index (χ3v) is 4.06. The zero-order valence-electron chi connectivity index (χ0n) is 8.29. The van der Waals surface area contributed by atoms with Crippen molar-refractivity contribution in [1.82, 2.24) is 10.3 Å². The minimum absolute atomic E-state index is 0.821. The zero-order valence-corrected chi connectivity index (χ0v) is 10.7. The molecule has 0 unspecified atom stereocenters. The normalized spacial score (nSPS) is 10.8. The van der Waals surface area contributed by atoms with Gasteiger partial charge in [0.05, 0.1) is 5.02 Å². The summed E-state index contributed by atoms with van der Waals surface area (Å²) in [6.07, 6.45) is 1.91. The summed E-state index contributed by atoms with van der Waals surface area (Å²) in [6, 6.07) is 1.99. The van der Waals surface area contributed by atoms with E-state index in [2.05, 4.69) is 17.2 Å². The van der Waals surface area contributed by atoms with Crippen LogP contribution in [-0.2, 0) is 13.1 Å². The van der Waals surface area contributed by atoms with Crippen LogP contribution in [0.2, 0.25) is 5.02 Å². The molecule has 5 heteroatoms. The van der Waals surface area contributed by atoms with Gasteiger partial charge >= 0.3 is 0 Å². The molecule has 0 radical (unpaired) electrons. The van der Waals surface area contributed by atoms with Gasteiger partial charge in [0.2, 0.25) is 0 Å². The minimum Gasteiger partial charge on any atom is -0.306 e. The Labute approximate surface area is 102 Å². The quantitative estimate of drug-likeness (QED) is 0.909. The minimum atomic E-state index is 0.821. The number of aryl methyl sites for hydroxylation is 1. The molecule has 0 aliphatic heterocycles. The number of rotatable bonds is 4. The lowest BCUT2D eigenvalue weighted by atomic mass is 10.4. The molecule has 2 aromatic rings. The second-order valence-electron chi connectivity index (χ2n) is 3.20. The highest BCUT2D eigenvalue weighted by atomic mass is 35.5. The first kappa shape index (κ1) is 11.1. The van der Waals surface area contributed by atoms with Gasteiger partial charge in [-0.1, -0.05) is 11.6 Å². The van der Waals surface area contributed by atoms with E-state index in [1.165, 1.54) is 9.75 Å². The highest BCUT2D eigenvalue weighted by molar-refractivity contribution is 7.11. The number of halogens is 1. The first-order chi connectivity index (χ1) is 7.24. The lowest BCUT2D eigenvalue weighted by molar-refractivity contribution is 0.697. The molecule has 2 aromatic heterocycles. The van der Waals surface area contributed by atoms with Crippen molar-refractivity contribution >= 4 is 34.3 Å². The SMILES string of the molecule is Cc1cnc(CNCc2cc(Cl)cs2)s1. The van der Waals surface area contributed by atoms with Crippen LogP contribution in [0.4, 0.5) is 0 Å². The van der Waals surface area contributed by atoms with Crippen molar-refractivity contribution in [2.45, 2.75) is 20.0 Å². The van der Waals surface area contributed by atoms with E-state index < -0.39 is 0 Å². The monoisotopic (exact) mass is 258 g/mol. The number of hydrogen-bond acceptors (Lipinski definition) is 4. The Bertz CT molecular complexity index is 396. The van der Waals surface area contributed by atoms with Crippen LogP contribution in [-0.4, -0.2) is 4.98 Å². The Morgan fingerprint density at radius 3 is 2.93 bits per heavy atom. The molecule has 0 bridgehead atoms. The molecule has 0 saturated heterocycles. The molecule has 0 saturated carbocycles. The van der Waals surface area contributed by atoms with E-state index >= 15 is 0 Å². The summed E-state index contributed by atoms with van der Waals surface area (Å²) >= 11 is 9.24. The Hall–Kier alpha value is -0.420. The first-order valence-electron chi connectivity index (χ1n) is 4.59. The van der Waals surface area contributed by atoms with Crippen LogP contribution in [0.3, 0.4) is 0 Å². The van der Waals surface area contributed by atoms with Gasteiger partial charge < -0.3 is 5.32 Å². The standard InChI is InChI=1S/C10H11ClN2S2/c1-7-3-13-10(15-7)5-12-4-9-2-8(11)6-14-9/h2-3,6,12H,4-5H2,1H3. The van der Waals surface area contributed by atoms with E-state index in [1.54, 1.807) is 22.7 Å². The average Bonchev–Trinajstić information content (AvgIpc) is 2.76. The van der Waals surface area contributed by atoms with Gasteiger partial charge in [0.1, 0.15) is 5.01 Å².